The molecule has 0 saturated carbocycles. The third kappa shape index (κ3) is 2.40. The third-order valence-electron chi connectivity index (χ3n) is 3.42. The molecule has 0 unspecified atom stereocenters. The summed E-state index contributed by atoms with van der Waals surface area (Å²) < 4.78 is 29.3. The Morgan fingerprint density at radius 1 is 1.19 bits per heavy atom. The van der Waals surface area contributed by atoms with E-state index in [1.54, 1.807) is 4.57 Å². The number of rotatable bonds is 3. The maximum atomic E-state index is 14.1. The first kappa shape index (κ1) is 14.0. The van der Waals surface area contributed by atoms with Gasteiger partial charge in [0, 0.05) is 18.4 Å². The van der Waals surface area contributed by atoms with E-state index in [0.29, 0.717) is 18.1 Å². The number of hydrogen-bond donors (Lipinski definition) is 0. The molecule has 0 aliphatic carbocycles. The van der Waals surface area contributed by atoms with Gasteiger partial charge in [-0.15, -0.1) is 11.6 Å². The Morgan fingerprint density at radius 2 is 2.00 bits per heavy atom. The number of para-hydroxylation sites is 1. The zero-order valence-corrected chi connectivity index (χ0v) is 12.2. The van der Waals surface area contributed by atoms with Crippen molar-refractivity contribution in [2.24, 2.45) is 0 Å². The predicted molar refractivity (Wildman–Crippen MR) is 80.1 cm³/mol. The molecule has 108 valence electrons. The molecule has 3 aromatic rings. The number of fused-ring (bicyclic) bond motifs is 1. The number of alkyl halides is 1. The van der Waals surface area contributed by atoms with Crippen LogP contribution in [0.2, 0.25) is 0 Å². The number of benzene rings is 2. The van der Waals surface area contributed by atoms with Crippen molar-refractivity contribution in [2.45, 2.75) is 13.3 Å². The van der Waals surface area contributed by atoms with Crippen LogP contribution >= 0.6 is 11.6 Å². The summed E-state index contributed by atoms with van der Waals surface area (Å²) in [6.07, 6.45) is 0.478. The first-order valence-corrected chi connectivity index (χ1v) is 7.13. The fraction of sp³-hybridized carbons (Fsp3) is 0.188. The van der Waals surface area contributed by atoms with Crippen LogP contribution in [0.25, 0.3) is 16.7 Å². The van der Waals surface area contributed by atoms with Crippen LogP contribution in [0.4, 0.5) is 8.78 Å². The second-order valence-corrected chi connectivity index (χ2v) is 5.22. The van der Waals surface area contributed by atoms with Gasteiger partial charge in [-0.25, -0.2) is 13.8 Å². The lowest BCUT2D eigenvalue weighted by atomic mass is 10.2. The lowest BCUT2D eigenvalue weighted by Gasteiger charge is -2.10. The van der Waals surface area contributed by atoms with Gasteiger partial charge in [-0.1, -0.05) is 12.1 Å². The monoisotopic (exact) mass is 306 g/mol. The lowest BCUT2D eigenvalue weighted by molar-refractivity contribution is 0.592. The molecule has 1 aromatic heterocycles. The fourth-order valence-corrected chi connectivity index (χ4v) is 2.63. The van der Waals surface area contributed by atoms with E-state index < -0.39 is 11.6 Å². The van der Waals surface area contributed by atoms with Crippen LogP contribution in [0.5, 0.6) is 0 Å². The zero-order valence-electron chi connectivity index (χ0n) is 11.4. The largest absolute Gasteiger partial charge is 0.293 e. The summed E-state index contributed by atoms with van der Waals surface area (Å²) in [7, 11) is 0. The maximum absolute atomic E-state index is 14.1. The third-order valence-corrected chi connectivity index (χ3v) is 3.61. The van der Waals surface area contributed by atoms with Crippen LogP contribution in [-0.2, 0) is 6.42 Å². The van der Waals surface area contributed by atoms with Crippen molar-refractivity contribution in [1.29, 1.82) is 0 Å². The number of aryl methyl sites for hydroxylation is 2. The quantitative estimate of drug-likeness (QED) is 0.656. The van der Waals surface area contributed by atoms with Gasteiger partial charge in [-0.2, -0.15) is 0 Å². The maximum Gasteiger partial charge on any atom is 0.147 e. The molecule has 2 nitrogen and oxygen atoms in total. The topological polar surface area (TPSA) is 17.8 Å². The highest BCUT2D eigenvalue weighted by Crippen LogP contribution is 2.26. The van der Waals surface area contributed by atoms with Crippen LogP contribution < -0.4 is 0 Å². The molecule has 0 bridgehead atoms. The highest BCUT2D eigenvalue weighted by atomic mass is 35.5. The van der Waals surface area contributed by atoms with Crippen LogP contribution in [-0.4, -0.2) is 15.4 Å². The van der Waals surface area contributed by atoms with Gasteiger partial charge in [-0.05, 0) is 30.7 Å². The summed E-state index contributed by atoms with van der Waals surface area (Å²) in [5, 5.41) is 0. The van der Waals surface area contributed by atoms with Gasteiger partial charge < -0.3 is 0 Å². The smallest absolute Gasteiger partial charge is 0.147 e. The summed E-state index contributed by atoms with van der Waals surface area (Å²) in [5.74, 6) is 0.00353. The van der Waals surface area contributed by atoms with Crippen molar-refractivity contribution in [3.8, 4) is 5.69 Å². The molecule has 0 atom stereocenters. The molecule has 2 aromatic carbocycles. The van der Waals surface area contributed by atoms with Gasteiger partial charge in [0.05, 0.1) is 16.7 Å². The van der Waals surface area contributed by atoms with Gasteiger partial charge in [0.15, 0.2) is 0 Å². The van der Waals surface area contributed by atoms with E-state index in [1.165, 1.54) is 6.07 Å². The second-order valence-electron chi connectivity index (χ2n) is 4.84. The number of hydrogen-bond acceptors (Lipinski definition) is 1. The molecule has 0 spiro atoms. The summed E-state index contributed by atoms with van der Waals surface area (Å²) >= 11 is 5.81. The Labute approximate surface area is 126 Å². The second kappa shape index (κ2) is 5.45. The van der Waals surface area contributed by atoms with Crippen LogP contribution in [0.15, 0.2) is 36.4 Å². The van der Waals surface area contributed by atoms with Crippen LogP contribution in [0.3, 0.4) is 0 Å². The fourth-order valence-electron chi connectivity index (χ4n) is 2.47. The number of imidazole rings is 1. The number of halogens is 3. The molecule has 0 amide bonds. The summed E-state index contributed by atoms with van der Waals surface area (Å²) in [6, 6.07) is 9.05. The average molecular weight is 307 g/mol. The van der Waals surface area contributed by atoms with E-state index >= 15 is 0 Å². The Bertz CT molecular complexity index is 811. The van der Waals surface area contributed by atoms with Crippen molar-refractivity contribution in [2.75, 3.05) is 5.88 Å². The van der Waals surface area contributed by atoms with Gasteiger partial charge >= 0.3 is 0 Å². The Balaban J connectivity index is 2.36. The Morgan fingerprint density at radius 3 is 2.76 bits per heavy atom. The van der Waals surface area contributed by atoms with Gasteiger partial charge in [0.1, 0.15) is 17.5 Å². The Kier molecular flexibility index (Phi) is 3.64. The van der Waals surface area contributed by atoms with Gasteiger partial charge in [-0.3, -0.25) is 4.57 Å². The minimum atomic E-state index is -0.493. The van der Waals surface area contributed by atoms with Crippen molar-refractivity contribution >= 4 is 22.6 Å². The molecule has 0 fully saturated rings. The standard InChI is InChI=1S/C16H13ClF2N2/c1-10-3-2-4-13-16(10)20-15(7-8-17)21(13)14-9-11(18)5-6-12(14)19/h2-6,9H,7-8H2,1H3. The van der Waals surface area contributed by atoms with E-state index in [-0.39, 0.29) is 5.69 Å². The molecule has 1 heterocycles. The normalized spacial score (nSPS) is 11.2. The summed E-state index contributed by atoms with van der Waals surface area (Å²) in [6.45, 7) is 1.94. The SMILES string of the molecule is Cc1cccc2c1nc(CCCl)n2-c1cc(F)ccc1F. The summed E-state index contributed by atoms with van der Waals surface area (Å²) in [5.41, 5.74) is 2.67. The van der Waals surface area contributed by atoms with Gasteiger partial charge in [0.25, 0.3) is 0 Å². The first-order chi connectivity index (χ1) is 10.1. The van der Waals surface area contributed by atoms with E-state index in [0.717, 1.165) is 28.7 Å². The molecular formula is C16H13ClF2N2. The lowest BCUT2D eigenvalue weighted by Crippen LogP contribution is -2.05. The average Bonchev–Trinajstić information content (AvgIpc) is 2.82. The molecule has 0 saturated heterocycles. The Hall–Kier alpha value is -1.94. The molecule has 0 radical (unpaired) electrons. The minimum absolute atomic E-state index is 0.156. The van der Waals surface area contributed by atoms with Crippen molar-refractivity contribution in [1.82, 2.24) is 9.55 Å². The highest BCUT2D eigenvalue weighted by Gasteiger charge is 2.16. The van der Waals surface area contributed by atoms with E-state index in [4.69, 9.17) is 11.6 Å². The molecule has 0 N–H and O–H groups in total. The van der Waals surface area contributed by atoms with Crippen molar-refractivity contribution in [3.63, 3.8) is 0 Å². The van der Waals surface area contributed by atoms with Crippen molar-refractivity contribution in [3.05, 3.63) is 59.4 Å². The van der Waals surface area contributed by atoms with Gasteiger partial charge in [0.2, 0.25) is 0 Å². The van der Waals surface area contributed by atoms with E-state index in [1.807, 2.05) is 25.1 Å². The van der Waals surface area contributed by atoms with E-state index in [2.05, 4.69) is 4.98 Å². The number of nitrogens with zero attached hydrogens (tertiary/aromatic N) is 2. The van der Waals surface area contributed by atoms with E-state index in [9.17, 15) is 8.78 Å². The van der Waals surface area contributed by atoms with Crippen LogP contribution in [0.1, 0.15) is 11.4 Å². The minimum Gasteiger partial charge on any atom is -0.293 e. The number of aromatic nitrogens is 2. The molecule has 5 heteroatoms. The summed E-state index contributed by atoms with van der Waals surface area (Å²) in [4.78, 5) is 4.54. The van der Waals surface area contributed by atoms with Crippen molar-refractivity contribution < 1.29 is 8.78 Å². The molecule has 0 aliphatic rings. The molecule has 0 aliphatic heterocycles. The van der Waals surface area contributed by atoms with Crippen LogP contribution in [0, 0.1) is 18.6 Å². The highest BCUT2D eigenvalue weighted by molar-refractivity contribution is 6.17. The first-order valence-electron chi connectivity index (χ1n) is 6.60. The zero-order chi connectivity index (χ0) is 15.0. The molecule has 21 heavy (non-hydrogen) atoms. The molecular weight excluding hydrogens is 294 g/mol. The molecule has 3 rings (SSSR count). The predicted octanol–water partition coefficient (Wildman–Crippen LogP) is 4.39.